The van der Waals surface area contributed by atoms with Crippen LogP contribution in [0.25, 0.3) is 0 Å². The monoisotopic (exact) mass is 1170 g/mol. The van der Waals surface area contributed by atoms with E-state index in [9.17, 15) is 19.5 Å². The highest BCUT2D eigenvalue weighted by Gasteiger charge is 2.25. The minimum absolute atomic E-state index is 0.170. The first kappa shape index (κ1) is 79.4. The van der Waals surface area contributed by atoms with Crippen molar-refractivity contribution in [3.8, 4) is 0 Å². The van der Waals surface area contributed by atoms with E-state index in [1.165, 1.54) is 25.7 Å². The molecule has 2 unspecified atom stereocenters. The number of nitrogens with zero attached hydrogens (tertiary/aromatic N) is 1. The van der Waals surface area contributed by atoms with Gasteiger partial charge in [0.2, 0.25) is 0 Å². The minimum Gasteiger partial charge on any atom is -0.477 e. The number of unbranched alkanes of at least 4 members (excludes halogenated alkanes) is 13. The van der Waals surface area contributed by atoms with Gasteiger partial charge in [0.05, 0.1) is 34.4 Å². The third-order valence-corrected chi connectivity index (χ3v) is 13.1. The molecule has 0 aliphatic rings. The molecule has 0 radical (unpaired) electrons. The molecular formula is C76H120NO8+. The fourth-order valence-corrected chi connectivity index (χ4v) is 8.12. The number of allylic oxidation sites excluding steroid dienone is 30. The Morgan fingerprint density at radius 1 is 0.365 bits per heavy atom. The lowest BCUT2D eigenvalue weighted by atomic mass is 10.1. The minimum atomic E-state index is -1.53. The maximum atomic E-state index is 12.9. The number of likely N-dealkylation sites (N-methyl/N-ethyl adjacent to an activating group) is 1. The Kier molecular flexibility index (Phi) is 60.1. The molecule has 0 aromatic rings. The van der Waals surface area contributed by atoms with Crippen molar-refractivity contribution >= 4 is 17.9 Å². The van der Waals surface area contributed by atoms with Crippen LogP contribution in [0.5, 0.6) is 0 Å². The van der Waals surface area contributed by atoms with Crippen LogP contribution in [0.4, 0.5) is 0 Å². The average molecular weight is 1180 g/mol. The van der Waals surface area contributed by atoms with E-state index in [0.717, 1.165) is 161 Å². The van der Waals surface area contributed by atoms with E-state index in [1.807, 2.05) is 21.1 Å². The van der Waals surface area contributed by atoms with E-state index < -0.39 is 24.3 Å². The second kappa shape index (κ2) is 64.4. The molecule has 0 heterocycles. The van der Waals surface area contributed by atoms with E-state index in [-0.39, 0.29) is 38.6 Å². The van der Waals surface area contributed by atoms with Crippen LogP contribution in [0.2, 0.25) is 0 Å². The Balaban J connectivity index is 4.28. The molecule has 0 aliphatic heterocycles. The van der Waals surface area contributed by atoms with Crippen molar-refractivity contribution in [2.45, 2.75) is 232 Å². The highest BCUT2D eigenvalue weighted by Crippen LogP contribution is 2.13. The number of carbonyl (C=O) groups excluding carboxylic acids is 2. The molecule has 0 aromatic heterocycles. The maximum Gasteiger partial charge on any atom is 0.361 e. The molecule has 0 fully saturated rings. The van der Waals surface area contributed by atoms with Gasteiger partial charge in [-0.1, -0.05) is 247 Å². The van der Waals surface area contributed by atoms with E-state index >= 15 is 0 Å². The van der Waals surface area contributed by atoms with Crippen LogP contribution in [0.3, 0.4) is 0 Å². The first-order chi connectivity index (χ1) is 41.6. The summed E-state index contributed by atoms with van der Waals surface area (Å²) in [5.41, 5.74) is 0. The highest BCUT2D eigenvalue weighted by atomic mass is 16.7. The molecule has 476 valence electrons. The first-order valence-electron chi connectivity index (χ1n) is 32.9. The lowest BCUT2D eigenvalue weighted by Crippen LogP contribution is -2.40. The molecule has 9 nitrogen and oxygen atoms in total. The maximum absolute atomic E-state index is 12.9. The van der Waals surface area contributed by atoms with Gasteiger partial charge in [0.25, 0.3) is 6.29 Å². The standard InChI is InChI=1S/C76H119NO8/c1-6-8-10-12-14-16-18-20-22-24-26-27-28-29-30-31-32-33-34-35-36-37-38-39-40-41-42-43-44-45-46-47-49-51-53-55-57-59-61-63-65-67-74(79)85-72(71-84-76(75(80)81)82-69-68-77(3,4)5)70-83-73(78)66-64-62-60-58-56-54-52-50-48-25-23-21-19-17-15-13-11-9-7-2/h8,10,14-17,20-23,26-27,29-30,32-33,35-36,38-39,41-42,44-45,47-50,53,55,72,76H,6-7,9,11-13,18-19,24-25,28,31,34,37,40,43,46,51-52,54,56-71H2,1-5H3/p+1/b10-8-,16-14-,17-15-,22-20-,23-21-,27-26-,30-29-,33-32-,36-35-,39-38-,42-41-,45-44-,49-47-,50-48-,55-53-. The van der Waals surface area contributed by atoms with Crippen LogP contribution >= 0.6 is 0 Å². The first-order valence-corrected chi connectivity index (χ1v) is 32.9. The van der Waals surface area contributed by atoms with Crippen molar-refractivity contribution in [1.29, 1.82) is 0 Å². The Morgan fingerprint density at radius 2 is 0.671 bits per heavy atom. The van der Waals surface area contributed by atoms with Gasteiger partial charge in [-0.2, -0.15) is 0 Å². The Labute approximate surface area is 519 Å². The van der Waals surface area contributed by atoms with Gasteiger partial charge in [0.1, 0.15) is 13.2 Å². The fourth-order valence-electron chi connectivity index (χ4n) is 8.12. The zero-order valence-electron chi connectivity index (χ0n) is 54.2. The molecule has 0 saturated carbocycles. The van der Waals surface area contributed by atoms with Gasteiger partial charge in [-0.3, -0.25) is 9.59 Å². The van der Waals surface area contributed by atoms with E-state index in [1.54, 1.807) is 0 Å². The van der Waals surface area contributed by atoms with Gasteiger partial charge in [-0.05, 0) is 141 Å². The van der Waals surface area contributed by atoms with Crippen LogP contribution < -0.4 is 0 Å². The summed E-state index contributed by atoms with van der Waals surface area (Å²) in [5.74, 6) is -2.08. The summed E-state index contributed by atoms with van der Waals surface area (Å²) < 4.78 is 22.9. The van der Waals surface area contributed by atoms with Gasteiger partial charge in [-0.25, -0.2) is 4.79 Å². The molecule has 0 aromatic carbocycles. The number of carbonyl (C=O) groups is 3. The molecule has 0 rings (SSSR count). The topological polar surface area (TPSA) is 108 Å². The number of ether oxygens (including phenoxy) is 4. The lowest BCUT2D eigenvalue weighted by Gasteiger charge is -2.25. The van der Waals surface area contributed by atoms with Crippen LogP contribution in [0, 0.1) is 0 Å². The number of rotatable bonds is 58. The summed E-state index contributed by atoms with van der Waals surface area (Å²) in [5, 5.41) is 9.72. The second-order valence-corrected chi connectivity index (χ2v) is 22.3. The third kappa shape index (κ3) is 65.8. The molecule has 0 bridgehead atoms. The van der Waals surface area contributed by atoms with E-state index in [4.69, 9.17) is 18.9 Å². The van der Waals surface area contributed by atoms with Crippen LogP contribution in [0.15, 0.2) is 182 Å². The molecule has 0 spiro atoms. The zero-order valence-corrected chi connectivity index (χ0v) is 54.2. The highest BCUT2D eigenvalue weighted by molar-refractivity contribution is 5.71. The number of carboxylic acids is 1. The molecule has 0 aliphatic carbocycles. The van der Waals surface area contributed by atoms with Crippen molar-refractivity contribution < 1.29 is 42.9 Å². The van der Waals surface area contributed by atoms with Gasteiger partial charge >= 0.3 is 17.9 Å². The molecule has 85 heavy (non-hydrogen) atoms. The Hall–Kier alpha value is -5.61. The number of esters is 2. The fraction of sp³-hybridized carbons (Fsp3) is 0.566. The summed E-state index contributed by atoms with van der Waals surface area (Å²) in [7, 11) is 5.94. The van der Waals surface area contributed by atoms with Crippen molar-refractivity contribution in [2.75, 3.05) is 47.5 Å². The normalized spacial score (nSPS) is 13.9. The SMILES string of the molecule is CC/C=C\C/C=C\C/C=C\C/C=C\C/C=C\C/C=C\C/C=C\C/C=C\C/C=C\C/C=C\C/C=C\C/C=C\CCCCCCC(=O)OC(COC(=O)CCCCCCCC/C=C\C/C=C\C/C=C\CCCCC)COC(OCC[N+](C)(C)C)C(=O)O. The number of aliphatic carboxylic acids is 1. The van der Waals surface area contributed by atoms with Crippen molar-refractivity contribution in [1.82, 2.24) is 0 Å². The zero-order chi connectivity index (χ0) is 61.9. The predicted molar refractivity (Wildman–Crippen MR) is 363 cm³/mol. The molecule has 9 heteroatoms. The summed E-state index contributed by atoms with van der Waals surface area (Å²) >= 11 is 0. The van der Waals surface area contributed by atoms with Crippen molar-refractivity contribution in [2.24, 2.45) is 0 Å². The van der Waals surface area contributed by atoms with Gasteiger partial charge in [-0.15, -0.1) is 0 Å². The average Bonchev–Trinajstić information content (AvgIpc) is 3.49. The smallest absolute Gasteiger partial charge is 0.361 e. The largest absolute Gasteiger partial charge is 0.477 e. The van der Waals surface area contributed by atoms with Crippen molar-refractivity contribution in [3.63, 3.8) is 0 Å². The van der Waals surface area contributed by atoms with Crippen molar-refractivity contribution in [3.05, 3.63) is 182 Å². The molecule has 0 amide bonds. The quantitative estimate of drug-likeness (QED) is 0.0211. The summed E-state index contributed by atoms with van der Waals surface area (Å²) in [4.78, 5) is 37.5. The van der Waals surface area contributed by atoms with Gasteiger partial charge < -0.3 is 28.5 Å². The number of hydrogen-bond acceptors (Lipinski definition) is 7. The van der Waals surface area contributed by atoms with Crippen LogP contribution in [-0.2, 0) is 33.3 Å². The van der Waals surface area contributed by atoms with Gasteiger partial charge in [0.15, 0.2) is 6.10 Å². The summed E-state index contributed by atoms with van der Waals surface area (Å²) in [6, 6.07) is 0. The van der Waals surface area contributed by atoms with E-state index in [2.05, 4.69) is 196 Å². The Morgan fingerprint density at radius 3 is 1.00 bits per heavy atom. The summed E-state index contributed by atoms with van der Waals surface area (Å²) in [6.07, 6.45) is 95.6. The van der Waals surface area contributed by atoms with Gasteiger partial charge in [0, 0.05) is 12.8 Å². The third-order valence-electron chi connectivity index (χ3n) is 13.1. The molecule has 1 N–H and O–H groups in total. The lowest BCUT2D eigenvalue weighted by molar-refractivity contribution is -0.870. The molecular weight excluding hydrogens is 1050 g/mol. The Bertz CT molecular complexity index is 2050. The molecule has 0 saturated heterocycles. The van der Waals surface area contributed by atoms with Crippen LogP contribution in [0.1, 0.15) is 219 Å². The summed E-state index contributed by atoms with van der Waals surface area (Å²) in [6.45, 7) is 4.66. The number of hydrogen-bond donors (Lipinski definition) is 1. The molecule has 2 atom stereocenters. The van der Waals surface area contributed by atoms with E-state index in [0.29, 0.717) is 17.4 Å². The number of quaternary nitrogens is 1. The number of carboxylic acid groups (broad SMARTS) is 1. The van der Waals surface area contributed by atoms with Crippen LogP contribution in [-0.4, -0.2) is 87.4 Å². The predicted octanol–water partition coefficient (Wildman–Crippen LogP) is 20.5. The second-order valence-electron chi connectivity index (χ2n) is 22.3.